The number of ketones is 1. The molecule has 7 nitrogen and oxygen atoms in total. The van der Waals surface area contributed by atoms with Crippen LogP contribution in [0.15, 0.2) is 29.3 Å². The topological polar surface area (TPSA) is 75.1 Å². The Balaban J connectivity index is 1.42. The molecule has 0 unspecified atom stereocenters. The minimum Gasteiger partial charge on any atom is -0.464 e. The fourth-order valence-electron chi connectivity index (χ4n) is 3.85. The van der Waals surface area contributed by atoms with Gasteiger partial charge >= 0.3 is 5.97 Å². The van der Waals surface area contributed by atoms with Gasteiger partial charge in [0.25, 0.3) is 0 Å². The maximum Gasteiger partial charge on any atom is 0.356 e. The second-order valence-electron chi connectivity index (χ2n) is 7.59. The van der Waals surface area contributed by atoms with E-state index in [4.69, 9.17) is 0 Å². The molecule has 0 radical (unpaired) electrons. The predicted molar refractivity (Wildman–Crippen MR) is 111 cm³/mol. The number of nitrogens with zero attached hydrogens (tertiary/aromatic N) is 4. The number of pyridine rings is 1. The van der Waals surface area contributed by atoms with E-state index in [1.54, 1.807) is 19.1 Å². The molecule has 0 N–H and O–H groups in total. The van der Waals surface area contributed by atoms with E-state index in [-0.39, 0.29) is 23.7 Å². The van der Waals surface area contributed by atoms with Crippen LogP contribution >= 0.6 is 0 Å². The van der Waals surface area contributed by atoms with Crippen LogP contribution in [0.25, 0.3) is 0 Å². The zero-order valence-electron chi connectivity index (χ0n) is 17.3. The summed E-state index contributed by atoms with van der Waals surface area (Å²) in [5, 5.41) is 0. The summed E-state index contributed by atoms with van der Waals surface area (Å²) in [5.41, 5.74) is 2.02. The first-order chi connectivity index (χ1) is 14.9. The summed E-state index contributed by atoms with van der Waals surface area (Å²) in [6, 6.07) is 6.42. The van der Waals surface area contributed by atoms with Crippen LogP contribution in [0.4, 0.5) is 20.2 Å². The molecule has 1 aromatic carbocycles. The van der Waals surface area contributed by atoms with Crippen LogP contribution < -0.4 is 4.90 Å². The molecule has 1 aromatic heterocycles. The molecule has 1 fully saturated rings. The fraction of sp³-hybridized carbons (Fsp3) is 0.364. The van der Waals surface area contributed by atoms with Gasteiger partial charge in [0.05, 0.1) is 24.2 Å². The van der Waals surface area contributed by atoms with Gasteiger partial charge in [0.2, 0.25) is 5.95 Å². The van der Waals surface area contributed by atoms with Crippen molar-refractivity contribution in [2.45, 2.75) is 19.9 Å². The molecular weight excluding hydrogens is 406 g/mol. The Morgan fingerprint density at radius 1 is 1.13 bits per heavy atom. The van der Waals surface area contributed by atoms with Crippen molar-refractivity contribution in [3.8, 4) is 0 Å². The molecule has 2 aliphatic rings. The third-order valence-electron chi connectivity index (χ3n) is 5.66. The summed E-state index contributed by atoms with van der Waals surface area (Å²) in [7, 11) is 1.21. The van der Waals surface area contributed by atoms with Gasteiger partial charge in [-0.1, -0.05) is 6.07 Å². The molecular formula is C22H22F2N4O3. The van der Waals surface area contributed by atoms with E-state index in [0.29, 0.717) is 60.9 Å². The molecule has 0 spiro atoms. The van der Waals surface area contributed by atoms with Gasteiger partial charge in [0.15, 0.2) is 11.5 Å². The first-order valence-corrected chi connectivity index (χ1v) is 9.98. The summed E-state index contributed by atoms with van der Waals surface area (Å²) in [4.78, 5) is 35.2. The molecule has 4 rings (SSSR count). The smallest absolute Gasteiger partial charge is 0.356 e. The maximum absolute atomic E-state index is 15.0. The lowest BCUT2D eigenvalue weighted by Crippen LogP contribution is -2.46. The van der Waals surface area contributed by atoms with E-state index in [0.717, 1.165) is 0 Å². The number of aromatic nitrogens is 1. The number of fused-ring (bicyclic) bond motifs is 1. The first kappa shape index (κ1) is 21.0. The lowest BCUT2D eigenvalue weighted by molar-refractivity contribution is -0.112. The molecule has 0 saturated carbocycles. The van der Waals surface area contributed by atoms with Crippen molar-refractivity contribution in [3.63, 3.8) is 0 Å². The molecule has 31 heavy (non-hydrogen) atoms. The molecule has 0 aliphatic carbocycles. The number of benzene rings is 1. The zero-order valence-corrected chi connectivity index (χ0v) is 17.3. The number of halogens is 2. The fourth-order valence-corrected chi connectivity index (χ4v) is 3.85. The minimum absolute atomic E-state index is 0.0337. The molecule has 9 heteroatoms. The van der Waals surface area contributed by atoms with E-state index in [1.165, 1.54) is 19.2 Å². The molecule has 162 valence electrons. The van der Waals surface area contributed by atoms with Gasteiger partial charge in [-0.2, -0.15) is 4.39 Å². The first-order valence-electron chi connectivity index (χ1n) is 9.98. The van der Waals surface area contributed by atoms with E-state index in [9.17, 15) is 18.4 Å². The van der Waals surface area contributed by atoms with Crippen molar-refractivity contribution in [1.82, 2.24) is 9.88 Å². The molecule has 1 saturated heterocycles. The van der Waals surface area contributed by atoms with Crippen molar-refractivity contribution in [2.75, 3.05) is 38.2 Å². The number of Topliss-reactive ketones (excluding diaryl/α,β-unsaturated/α-hetero) is 1. The SMILES string of the molecule is COC(=O)c1ccc(N2CCN(Cc3ccc4c(c3F)CC(=O)C(C)=N4)CC2)c(F)n1. The number of anilines is 1. The van der Waals surface area contributed by atoms with Crippen LogP contribution in [-0.4, -0.2) is 60.6 Å². The van der Waals surface area contributed by atoms with Crippen molar-refractivity contribution in [2.24, 2.45) is 4.99 Å². The lowest BCUT2D eigenvalue weighted by atomic mass is 9.97. The van der Waals surface area contributed by atoms with Crippen molar-refractivity contribution in [3.05, 3.63) is 52.9 Å². The second kappa shape index (κ2) is 8.50. The van der Waals surface area contributed by atoms with Crippen molar-refractivity contribution >= 4 is 28.8 Å². The van der Waals surface area contributed by atoms with Crippen LogP contribution in [0.3, 0.4) is 0 Å². The van der Waals surface area contributed by atoms with Crippen LogP contribution in [0, 0.1) is 11.8 Å². The normalized spacial score (nSPS) is 16.7. The number of carbonyl (C=O) groups excluding carboxylic acids is 2. The quantitative estimate of drug-likeness (QED) is 0.551. The molecule has 3 heterocycles. The Kier molecular flexibility index (Phi) is 5.77. The average Bonchev–Trinajstić information content (AvgIpc) is 2.77. The van der Waals surface area contributed by atoms with Gasteiger partial charge in [-0.3, -0.25) is 9.69 Å². The van der Waals surface area contributed by atoms with Gasteiger partial charge in [0, 0.05) is 50.3 Å². The largest absolute Gasteiger partial charge is 0.464 e. The van der Waals surface area contributed by atoms with E-state index < -0.39 is 11.9 Å². The van der Waals surface area contributed by atoms with Gasteiger partial charge < -0.3 is 9.64 Å². The van der Waals surface area contributed by atoms with E-state index >= 15 is 0 Å². The number of esters is 1. The predicted octanol–water partition coefficient (Wildman–Crippen LogP) is 2.69. The van der Waals surface area contributed by atoms with Crippen LogP contribution in [0.1, 0.15) is 28.5 Å². The number of hydrogen-bond acceptors (Lipinski definition) is 7. The Labute approximate surface area is 178 Å². The monoisotopic (exact) mass is 428 g/mol. The molecule has 0 bridgehead atoms. The number of methoxy groups -OCH3 is 1. The highest BCUT2D eigenvalue weighted by atomic mass is 19.1. The minimum atomic E-state index is -0.724. The van der Waals surface area contributed by atoms with Gasteiger partial charge in [0.1, 0.15) is 5.82 Å². The molecule has 0 amide bonds. The van der Waals surface area contributed by atoms with Crippen LogP contribution in [-0.2, 0) is 22.5 Å². The molecule has 0 atom stereocenters. The Hall–Kier alpha value is -3.20. The summed E-state index contributed by atoms with van der Waals surface area (Å²) >= 11 is 0. The van der Waals surface area contributed by atoms with E-state index in [2.05, 4.69) is 19.6 Å². The Morgan fingerprint density at radius 3 is 2.55 bits per heavy atom. The maximum atomic E-state index is 15.0. The Morgan fingerprint density at radius 2 is 1.87 bits per heavy atom. The van der Waals surface area contributed by atoms with Gasteiger partial charge in [-0.05, 0) is 25.1 Å². The summed E-state index contributed by atoms with van der Waals surface area (Å²) in [6.45, 7) is 4.30. The Bertz CT molecular complexity index is 1080. The van der Waals surface area contributed by atoms with Crippen LogP contribution in [0.2, 0.25) is 0 Å². The third-order valence-corrected chi connectivity index (χ3v) is 5.66. The summed E-state index contributed by atoms with van der Waals surface area (Å²) in [6.07, 6.45) is 0.0337. The molecule has 2 aliphatic heterocycles. The number of rotatable bonds is 4. The lowest BCUT2D eigenvalue weighted by Gasteiger charge is -2.36. The highest BCUT2D eigenvalue weighted by Gasteiger charge is 2.25. The number of ether oxygens (including phenoxy) is 1. The van der Waals surface area contributed by atoms with Gasteiger partial charge in [-0.15, -0.1) is 0 Å². The number of hydrogen-bond donors (Lipinski definition) is 0. The number of aliphatic imine (C=N–C) groups is 1. The summed E-state index contributed by atoms with van der Waals surface area (Å²) in [5.74, 6) is -1.95. The van der Waals surface area contributed by atoms with E-state index in [1.807, 2.05) is 4.90 Å². The summed E-state index contributed by atoms with van der Waals surface area (Å²) < 4.78 is 33.9. The third kappa shape index (κ3) is 4.18. The molecule has 2 aromatic rings. The second-order valence-corrected chi connectivity index (χ2v) is 7.59. The highest BCUT2D eigenvalue weighted by Crippen LogP contribution is 2.30. The van der Waals surface area contributed by atoms with Crippen molar-refractivity contribution in [1.29, 1.82) is 0 Å². The zero-order chi connectivity index (χ0) is 22.1. The highest BCUT2D eigenvalue weighted by molar-refractivity contribution is 6.40. The average molecular weight is 428 g/mol. The number of piperazine rings is 1. The van der Waals surface area contributed by atoms with Crippen molar-refractivity contribution < 1.29 is 23.1 Å². The standard InChI is InChI=1S/C22H22F2N4O3/c1-13-19(29)11-15-16(25-13)4-3-14(20(15)23)12-27-7-9-28(10-8-27)18-6-5-17(22(30)31-2)26-21(18)24/h3-6H,7-12H2,1-2H3. The van der Waals surface area contributed by atoms with Crippen LogP contribution in [0.5, 0.6) is 0 Å². The number of carbonyl (C=O) groups is 2. The van der Waals surface area contributed by atoms with Gasteiger partial charge in [-0.25, -0.2) is 19.2 Å².